The molecule has 1 saturated carbocycles. The van der Waals surface area contributed by atoms with Crippen LogP contribution in [-0.2, 0) is 11.3 Å². The number of hydrogen-bond acceptors (Lipinski definition) is 4. The van der Waals surface area contributed by atoms with Crippen molar-refractivity contribution in [3.63, 3.8) is 0 Å². The van der Waals surface area contributed by atoms with Crippen LogP contribution < -0.4 is 4.90 Å². The normalized spacial score (nSPS) is 20.4. The number of carboxylic acids is 1. The molecule has 6 heteroatoms. The minimum atomic E-state index is -0.854. The van der Waals surface area contributed by atoms with Crippen molar-refractivity contribution in [2.45, 2.75) is 83.2 Å². The predicted molar refractivity (Wildman–Crippen MR) is 163 cm³/mol. The molecule has 6 rings (SSSR count). The first-order valence-electron chi connectivity index (χ1n) is 15.5. The lowest BCUT2D eigenvalue weighted by molar-refractivity contribution is 0.0697. The minimum absolute atomic E-state index is 0.375. The van der Waals surface area contributed by atoms with Gasteiger partial charge in [0.25, 0.3) is 0 Å². The molecule has 0 amide bonds. The zero-order chi connectivity index (χ0) is 27.6. The lowest BCUT2D eigenvalue weighted by Crippen LogP contribution is -2.44. The molecule has 0 spiro atoms. The molecule has 214 valence electrons. The van der Waals surface area contributed by atoms with Crippen LogP contribution in [0.15, 0.2) is 36.4 Å². The Labute approximate surface area is 238 Å². The maximum absolute atomic E-state index is 12.0. The van der Waals surface area contributed by atoms with Crippen molar-refractivity contribution < 1.29 is 14.6 Å². The number of piperidine rings is 1. The molecule has 3 aliphatic rings. The lowest BCUT2D eigenvalue weighted by atomic mass is 9.81. The minimum Gasteiger partial charge on any atom is -0.478 e. The maximum atomic E-state index is 12.0. The van der Waals surface area contributed by atoms with Crippen molar-refractivity contribution in [1.82, 2.24) is 9.47 Å². The van der Waals surface area contributed by atoms with Crippen LogP contribution in [0.25, 0.3) is 22.2 Å². The van der Waals surface area contributed by atoms with Gasteiger partial charge in [-0.25, -0.2) is 4.79 Å². The van der Waals surface area contributed by atoms with Gasteiger partial charge >= 0.3 is 5.97 Å². The predicted octanol–water partition coefficient (Wildman–Crippen LogP) is 7.07. The summed E-state index contributed by atoms with van der Waals surface area (Å²) >= 11 is 0. The van der Waals surface area contributed by atoms with Crippen molar-refractivity contribution in [3.8, 4) is 11.3 Å². The number of carboxylic acid groups (broad SMARTS) is 1. The van der Waals surface area contributed by atoms with Crippen LogP contribution in [0.4, 0.5) is 5.69 Å². The van der Waals surface area contributed by atoms with Crippen LogP contribution in [0.1, 0.15) is 85.2 Å². The van der Waals surface area contributed by atoms with Crippen LogP contribution in [0.5, 0.6) is 0 Å². The summed E-state index contributed by atoms with van der Waals surface area (Å²) in [6.07, 6.45) is 11.3. The first-order chi connectivity index (χ1) is 19.5. The third-order valence-corrected chi connectivity index (χ3v) is 9.77. The Morgan fingerprint density at radius 1 is 0.950 bits per heavy atom. The number of methoxy groups -OCH3 is 1. The van der Waals surface area contributed by atoms with Crippen molar-refractivity contribution in [2.24, 2.45) is 0 Å². The second kappa shape index (κ2) is 12.0. The highest BCUT2D eigenvalue weighted by molar-refractivity contribution is 5.99. The van der Waals surface area contributed by atoms with E-state index in [2.05, 4.69) is 45.6 Å². The quantitative estimate of drug-likeness (QED) is 0.329. The second-order valence-electron chi connectivity index (χ2n) is 12.3. The fraction of sp³-hybridized carbons (Fsp3) is 0.559. The number of aryl methyl sites for hydroxylation is 1. The van der Waals surface area contributed by atoms with E-state index in [-0.39, 0.29) is 0 Å². The number of rotatable bonds is 8. The standard InChI is InChI=1S/C34H45N3O3/c1-24-11-13-29-30(22-24)36(18-17-35-16-7-6-10-27(35)15-21-40-2)19-20-37-31-23-26(34(38)39)12-14-28(31)32(33(29)37)25-8-4-3-5-9-25/h11-14,22-23,25,27H,3-10,15-21H2,1-2H3,(H,38,39). The van der Waals surface area contributed by atoms with Gasteiger partial charge in [-0.15, -0.1) is 0 Å². The maximum Gasteiger partial charge on any atom is 0.335 e. The summed E-state index contributed by atoms with van der Waals surface area (Å²) < 4.78 is 7.89. The average Bonchev–Trinajstić information content (AvgIpc) is 3.21. The summed E-state index contributed by atoms with van der Waals surface area (Å²) in [6.45, 7) is 8.06. The summed E-state index contributed by atoms with van der Waals surface area (Å²) in [5.41, 5.74) is 8.18. The summed E-state index contributed by atoms with van der Waals surface area (Å²) in [5.74, 6) is -0.328. The van der Waals surface area contributed by atoms with E-state index in [1.807, 2.05) is 13.2 Å². The second-order valence-corrected chi connectivity index (χ2v) is 12.3. The molecule has 40 heavy (non-hydrogen) atoms. The molecule has 1 saturated heterocycles. The number of ether oxygens (including phenoxy) is 1. The van der Waals surface area contributed by atoms with Crippen LogP contribution in [0, 0.1) is 6.92 Å². The van der Waals surface area contributed by atoms with Gasteiger partial charge in [0.05, 0.1) is 11.3 Å². The molecule has 2 fully saturated rings. The van der Waals surface area contributed by atoms with Crippen LogP contribution in [0.2, 0.25) is 0 Å². The largest absolute Gasteiger partial charge is 0.478 e. The molecular weight excluding hydrogens is 498 g/mol. The molecule has 1 N–H and O–H groups in total. The van der Waals surface area contributed by atoms with Crippen LogP contribution in [0.3, 0.4) is 0 Å². The Hall–Kier alpha value is -2.83. The number of fused-ring (bicyclic) bond motifs is 5. The van der Waals surface area contributed by atoms with Crippen LogP contribution >= 0.6 is 0 Å². The molecule has 0 radical (unpaired) electrons. The Morgan fingerprint density at radius 2 is 1.77 bits per heavy atom. The van der Waals surface area contributed by atoms with E-state index in [1.165, 1.54) is 91.4 Å². The Balaban J connectivity index is 1.41. The molecule has 3 heterocycles. The molecule has 1 aliphatic carbocycles. The third kappa shape index (κ3) is 5.28. The number of likely N-dealkylation sites (tertiary alicyclic amines) is 1. The zero-order valence-corrected chi connectivity index (χ0v) is 24.3. The molecule has 3 aromatic rings. The molecule has 1 unspecified atom stereocenters. The van der Waals surface area contributed by atoms with Crippen molar-refractivity contribution in [2.75, 3.05) is 44.8 Å². The third-order valence-electron chi connectivity index (χ3n) is 9.77. The molecule has 2 aliphatic heterocycles. The summed E-state index contributed by atoms with van der Waals surface area (Å²) in [4.78, 5) is 17.3. The number of aromatic carboxylic acids is 1. The zero-order valence-electron chi connectivity index (χ0n) is 24.3. The van der Waals surface area contributed by atoms with Crippen molar-refractivity contribution in [3.05, 3.63) is 53.1 Å². The molecule has 0 bridgehead atoms. The van der Waals surface area contributed by atoms with E-state index in [1.54, 1.807) is 6.07 Å². The van der Waals surface area contributed by atoms with E-state index in [9.17, 15) is 9.90 Å². The Kier molecular flexibility index (Phi) is 8.17. The van der Waals surface area contributed by atoms with E-state index >= 15 is 0 Å². The fourth-order valence-electron chi connectivity index (χ4n) is 7.70. The van der Waals surface area contributed by atoms with Crippen molar-refractivity contribution >= 4 is 22.6 Å². The highest BCUT2D eigenvalue weighted by Gasteiger charge is 2.31. The van der Waals surface area contributed by atoms with E-state index < -0.39 is 5.97 Å². The number of carbonyl (C=O) groups is 1. The SMILES string of the molecule is COCCC1CCCCN1CCN1CCn2c(c(C3CCCCC3)c3ccc(C(=O)O)cc32)-c2ccc(C)cc21. The number of aromatic nitrogens is 1. The Bertz CT molecular complexity index is 1360. The summed E-state index contributed by atoms with van der Waals surface area (Å²) in [6, 6.07) is 13.4. The van der Waals surface area contributed by atoms with Gasteiger partial charge in [-0.05, 0) is 80.8 Å². The van der Waals surface area contributed by atoms with E-state index in [4.69, 9.17) is 4.74 Å². The van der Waals surface area contributed by atoms with Crippen molar-refractivity contribution in [1.29, 1.82) is 0 Å². The smallest absolute Gasteiger partial charge is 0.335 e. The molecular formula is C34H45N3O3. The average molecular weight is 544 g/mol. The summed E-state index contributed by atoms with van der Waals surface area (Å²) in [7, 11) is 1.81. The lowest BCUT2D eigenvalue weighted by Gasteiger charge is -2.37. The summed E-state index contributed by atoms with van der Waals surface area (Å²) in [5, 5.41) is 11.1. The van der Waals surface area contributed by atoms with Gasteiger partial charge in [0, 0.05) is 68.1 Å². The molecule has 1 atom stereocenters. The highest BCUT2D eigenvalue weighted by Crippen LogP contribution is 2.47. The first kappa shape index (κ1) is 27.3. The Morgan fingerprint density at radius 3 is 2.58 bits per heavy atom. The van der Waals surface area contributed by atoms with Gasteiger partial charge in [0.15, 0.2) is 0 Å². The van der Waals surface area contributed by atoms with Gasteiger partial charge in [0.2, 0.25) is 0 Å². The monoisotopic (exact) mass is 543 g/mol. The number of anilines is 1. The number of nitrogens with zero attached hydrogens (tertiary/aromatic N) is 3. The van der Waals surface area contributed by atoms with Crippen LogP contribution in [-0.4, -0.2) is 66.5 Å². The highest BCUT2D eigenvalue weighted by atomic mass is 16.5. The van der Waals surface area contributed by atoms with Gasteiger partial charge < -0.3 is 19.3 Å². The van der Waals surface area contributed by atoms with E-state index in [0.29, 0.717) is 17.5 Å². The van der Waals surface area contributed by atoms with E-state index in [0.717, 1.165) is 44.7 Å². The molecule has 1 aromatic heterocycles. The fourth-order valence-corrected chi connectivity index (χ4v) is 7.70. The molecule has 2 aromatic carbocycles. The van der Waals surface area contributed by atoms with Gasteiger partial charge in [0.1, 0.15) is 0 Å². The molecule has 6 nitrogen and oxygen atoms in total. The topological polar surface area (TPSA) is 57.9 Å². The number of benzene rings is 2. The van der Waals surface area contributed by atoms with Gasteiger partial charge in [-0.3, -0.25) is 4.90 Å². The van der Waals surface area contributed by atoms with Gasteiger partial charge in [-0.1, -0.05) is 43.9 Å². The van der Waals surface area contributed by atoms with Gasteiger partial charge in [-0.2, -0.15) is 0 Å². The number of hydrogen-bond donors (Lipinski definition) is 1. The first-order valence-corrected chi connectivity index (χ1v) is 15.5.